The van der Waals surface area contributed by atoms with E-state index in [1.165, 1.54) is 0 Å². The molecule has 2 aromatic heterocycles. The lowest BCUT2D eigenvalue weighted by Crippen LogP contribution is -2.53. The molecular formula is C14H21N7O. The van der Waals surface area contributed by atoms with Crippen LogP contribution in [0.3, 0.4) is 0 Å². The molecule has 0 unspecified atom stereocenters. The summed E-state index contributed by atoms with van der Waals surface area (Å²) in [5.74, 6) is 1.66. The van der Waals surface area contributed by atoms with Crippen molar-refractivity contribution in [3.8, 4) is 0 Å². The minimum Gasteiger partial charge on any atom is -0.352 e. The van der Waals surface area contributed by atoms with Crippen molar-refractivity contribution in [3.05, 3.63) is 18.0 Å². The summed E-state index contributed by atoms with van der Waals surface area (Å²) in [7, 11) is 0. The third-order valence-corrected chi connectivity index (χ3v) is 3.71. The second kappa shape index (κ2) is 5.78. The van der Waals surface area contributed by atoms with Gasteiger partial charge in [0.1, 0.15) is 5.82 Å². The first-order valence-electron chi connectivity index (χ1n) is 7.54. The normalized spacial score (nSPS) is 15.6. The summed E-state index contributed by atoms with van der Waals surface area (Å²) in [6.07, 6.45) is 0. The molecule has 3 heterocycles. The van der Waals surface area contributed by atoms with Crippen molar-refractivity contribution in [2.75, 3.05) is 31.1 Å². The number of piperazine rings is 1. The first-order valence-corrected chi connectivity index (χ1v) is 7.54. The fourth-order valence-corrected chi connectivity index (χ4v) is 2.53. The number of nitrogens with zero attached hydrogens (tertiary/aromatic N) is 6. The Morgan fingerprint density at radius 1 is 1.18 bits per heavy atom. The maximum atomic E-state index is 12.0. The van der Waals surface area contributed by atoms with Crippen LogP contribution in [-0.4, -0.2) is 63.0 Å². The summed E-state index contributed by atoms with van der Waals surface area (Å²) in [5, 5.41) is 15.6. The highest BCUT2D eigenvalue weighted by Gasteiger charge is 2.22. The number of carbonyl (C=O) groups is 1. The molecule has 8 heteroatoms. The highest BCUT2D eigenvalue weighted by Crippen LogP contribution is 2.14. The zero-order valence-electron chi connectivity index (χ0n) is 13.2. The minimum absolute atomic E-state index is 0.00714. The smallest absolute Gasteiger partial charge is 0.317 e. The molecular weight excluding hydrogens is 282 g/mol. The van der Waals surface area contributed by atoms with Crippen LogP contribution in [0.5, 0.6) is 0 Å². The van der Waals surface area contributed by atoms with E-state index in [0.29, 0.717) is 13.1 Å². The highest BCUT2D eigenvalue weighted by atomic mass is 16.2. The van der Waals surface area contributed by atoms with E-state index in [-0.39, 0.29) is 12.1 Å². The highest BCUT2D eigenvalue weighted by molar-refractivity contribution is 5.74. The van der Waals surface area contributed by atoms with Crippen LogP contribution in [0, 0.1) is 6.92 Å². The average molecular weight is 303 g/mol. The summed E-state index contributed by atoms with van der Waals surface area (Å²) in [5.41, 5.74) is 0.746. The average Bonchev–Trinajstić information content (AvgIpc) is 2.88. The zero-order chi connectivity index (χ0) is 15.7. The Morgan fingerprint density at radius 2 is 1.91 bits per heavy atom. The van der Waals surface area contributed by atoms with Crippen molar-refractivity contribution < 1.29 is 4.79 Å². The summed E-state index contributed by atoms with van der Waals surface area (Å²) in [4.78, 5) is 16.0. The summed E-state index contributed by atoms with van der Waals surface area (Å²) in [6, 6.07) is 4.03. The van der Waals surface area contributed by atoms with Gasteiger partial charge in [-0.15, -0.1) is 15.3 Å². The first kappa shape index (κ1) is 14.6. The molecule has 1 N–H and O–H groups in total. The number of nitrogens with one attached hydrogen (secondary N) is 1. The van der Waals surface area contributed by atoms with Gasteiger partial charge >= 0.3 is 6.03 Å². The lowest BCUT2D eigenvalue weighted by atomic mass is 10.3. The van der Waals surface area contributed by atoms with Gasteiger partial charge in [-0.1, -0.05) is 0 Å². The fraction of sp³-hybridized carbons (Fsp3) is 0.571. The van der Waals surface area contributed by atoms with Crippen LogP contribution in [0.25, 0.3) is 5.65 Å². The van der Waals surface area contributed by atoms with Gasteiger partial charge in [0.25, 0.3) is 0 Å². The number of aromatic nitrogens is 4. The molecule has 1 aliphatic rings. The summed E-state index contributed by atoms with van der Waals surface area (Å²) >= 11 is 0. The van der Waals surface area contributed by atoms with E-state index in [1.54, 1.807) is 4.52 Å². The standard InChI is InChI=1S/C14H21N7O/c1-10(2)15-14(22)20-8-6-19(7-9-20)13-5-4-12-17-16-11(3)21(12)18-13/h4-5,10H,6-9H2,1-3H3,(H,15,22). The van der Waals surface area contributed by atoms with Crippen molar-refractivity contribution in [1.29, 1.82) is 0 Å². The number of carbonyl (C=O) groups excluding carboxylic acids is 1. The van der Waals surface area contributed by atoms with Gasteiger partial charge in [-0.3, -0.25) is 0 Å². The molecule has 1 fully saturated rings. The quantitative estimate of drug-likeness (QED) is 0.882. The third-order valence-electron chi connectivity index (χ3n) is 3.71. The summed E-state index contributed by atoms with van der Waals surface area (Å²) < 4.78 is 1.74. The number of urea groups is 1. The number of anilines is 1. The molecule has 1 saturated heterocycles. The van der Waals surface area contributed by atoms with Crippen LogP contribution in [-0.2, 0) is 0 Å². The minimum atomic E-state index is 0.00714. The Balaban J connectivity index is 1.67. The van der Waals surface area contributed by atoms with E-state index in [9.17, 15) is 4.79 Å². The molecule has 0 bridgehead atoms. The lowest BCUT2D eigenvalue weighted by Gasteiger charge is -2.35. The van der Waals surface area contributed by atoms with E-state index < -0.39 is 0 Å². The van der Waals surface area contributed by atoms with Crippen molar-refractivity contribution >= 4 is 17.5 Å². The van der Waals surface area contributed by atoms with Gasteiger partial charge in [0.15, 0.2) is 11.5 Å². The Hall–Kier alpha value is -2.38. The molecule has 3 rings (SSSR count). The number of amides is 2. The van der Waals surface area contributed by atoms with Crippen LogP contribution < -0.4 is 10.2 Å². The number of hydrogen-bond donors (Lipinski definition) is 1. The third kappa shape index (κ3) is 2.81. The van der Waals surface area contributed by atoms with E-state index in [4.69, 9.17) is 0 Å². The number of aryl methyl sites for hydroxylation is 1. The SMILES string of the molecule is Cc1nnc2ccc(N3CCN(C(=O)NC(C)C)CC3)nn12. The molecule has 0 saturated carbocycles. The molecule has 22 heavy (non-hydrogen) atoms. The van der Waals surface area contributed by atoms with Crippen LogP contribution in [0.1, 0.15) is 19.7 Å². The van der Waals surface area contributed by atoms with Gasteiger partial charge < -0.3 is 15.1 Å². The topological polar surface area (TPSA) is 78.7 Å². The molecule has 8 nitrogen and oxygen atoms in total. The second-order valence-corrected chi connectivity index (χ2v) is 5.79. The largest absolute Gasteiger partial charge is 0.352 e. The summed E-state index contributed by atoms with van der Waals surface area (Å²) in [6.45, 7) is 8.74. The van der Waals surface area contributed by atoms with Crippen molar-refractivity contribution in [2.24, 2.45) is 0 Å². The van der Waals surface area contributed by atoms with Gasteiger partial charge in [-0.2, -0.15) is 4.52 Å². The number of fused-ring (bicyclic) bond motifs is 1. The molecule has 0 atom stereocenters. The van der Waals surface area contributed by atoms with Gasteiger partial charge in [0.2, 0.25) is 0 Å². The van der Waals surface area contributed by atoms with Crippen molar-refractivity contribution in [3.63, 3.8) is 0 Å². The van der Waals surface area contributed by atoms with Gasteiger partial charge in [-0.05, 0) is 32.9 Å². The Morgan fingerprint density at radius 3 is 2.59 bits per heavy atom. The maximum absolute atomic E-state index is 12.0. The second-order valence-electron chi connectivity index (χ2n) is 5.79. The van der Waals surface area contributed by atoms with Gasteiger partial charge in [-0.25, -0.2) is 4.79 Å². The van der Waals surface area contributed by atoms with Crippen LogP contribution in [0.4, 0.5) is 10.6 Å². The van der Waals surface area contributed by atoms with Crippen LogP contribution in [0.2, 0.25) is 0 Å². The predicted molar refractivity (Wildman–Crippen MR) is 83.0 cm³/mol. The van der Waals surface area contributed by atoms with Crippen LogP contribution >= 0.6 is 0 Å². The number of hydrogen-bond acceptors (Lipinski definition) is 5. The number of rotatable bonds is 2. The Labute approximate surface area is 129 Å². The Kier molecular flexibility index (Phi) is 3.82. The van der Waals surface area contributed by atoms with Crippen molar-refractivity contribution in [2.45, 2.75) is 26.8 Å². The zero-order valence-corrected chi connectivity index (χ0v) is 13.2. The molecule has 2 aromatic rings. The first-order chi connectivity index (χ1) is 10.5. The molecule has 1 aliphatic heterocycles. The van der Waals surface area contributed by atoms with Crippen LogP contribution in [0.15, 0.2) is 12.1 Å². The molecule has 2 amide bonds. The van der Waals surface area contributed by atoms with E-state index in [2.05, 4.69) is 25.5 Å². The fourth-order valence-electron chi connectivity index (χ4n) is 2.53. The van der Waals surface area contributed by atoms with E-state index in [1.807, 2.05) is 37.8 Å². The molecule has 0 aliphatic carbocycles. The predicted octanol–water partition coefficient (Wildman–Crippen LogP) is 0.673. The molecule has 0 aromatic carbocycles. The monoisotopic (exact) mass is 303 g/mol. The Bertz CT molecular complexity index is 673. The van der Waals surface area contributed by atoms with E-state index in [0.717, 1.165) is 30.4 Å². The maximum Gasteiger partial charge on any atom is 0.317 e. The van der Waals surface area contributed by atoms with Crippen molar-refractivity contribution in [1.82, 2.24) is 30.0 Å². The molecule has 0 spiro atoms. The van der Waals surface area contributed by atoms with Gasteiger partial charge in [0.05, 0.1) is 0 Å². The lowest BCUT2D eigenvalue weighted by molar-refractivity contribution is 0.191. The molecule has 0 radical (unpaired) electrons. The molecule has 118 valence electrons. The van der Waals surface area contributed by atoms with E-state index >= 15 is 0 Å². The van der Waals surface area contributed by atoms with Gasteiger partial charge in [0, 0.05) is 32.2 Å².